The minimum atomic E-state index is -0.970. The van der Waals surface area contributed by atoms with E-state index in [1.807, 2.05) is 25.1 Å². The molecule has 0 fully saturated rings. The van der Waals surface area contributed by atoms with E-state index in [4.69, 9.17) is 9.84 Å². The summed E-state index contributed by atoms with van der Waals surface area (Å²) in [6.45, 7) is 1.94. The number of carbonyl (C=O) groups is 1. The van der Waals surface area contributed by atoms with Crippen LogP contribution in [-0.4, -0.2) is 18.2 Å². The molecule has 2 rings (SSSR count). The summed E-state index contributed by atoms with van der Waals surface area (Å²) in [5.74, 6) is -0.537. The summed E-state index contributed by atoms with van der Waals surface area (Å²) >= 11 is 0. The van der Waals surface area contributed by atoms with Crippen molar-refractivity contribution in [2.45, 2.75) is 6.92 Å². The van der Waals surface area contributed by atoms with Gasteiger partial charge in [-0.1, -0.05) is 24.3 Å². The number of carboxylic acids is 1. The average Bonchev–Trinajstić information content (AvgIpc) is 2.27. The summed E-state index contributed by atoms with van der Waals surface area (Å²) in [6, 6.07) is 9.20. The van der Waals surface area contributed by atoms with E-state index in [0.717, 1.165) is 16.3 Å². The first-order valence-electron chi connectivity index (χ1n) is 4.94. The first-order valence-corrected chi connectivity index (χ1v) is 4.94. The predicted molar refractivity (Wildman–Crippen MR) is 62.2 cm³/mol. The van der Waals surface area contributed by atoms with Crippen molar-refractivity contribution < 1.29 is 14.6 Å². The van der Waals surface area contributed by atoms with Gasteiger partial charge in [0.25, 0.3) is 0 Å². The highest BCUT2D eigenvalue weighted by molar-refractivity contribution is 6.01. The van der Waals surface area contributed by atoms with Crippen LogP contribution in [0.3, 0.4) is 0 Å². The molecule has 0 atom stereocenters. The van der Waals surface area contributed by atoms with Gasteiger partial charge in [0.2, 0.25) is 0 Å². The minimum absolute atomic E-state index is 0.198. The van der Waals surface area contributed by atoms with Crippen LogP contribution in [0.15, 0.2) is 30.3 Å². The normalized spacial score (nSPS) is 10.4. The molecule has 0 aliphatic rings. The third-order valence-corrected chi connectivity index (χ3v) is 2.64. The zero-order valence-electron chi connectivity index (χ0n) is 9.15. The van der Waals surface area contributed by atoms with Gasteiger partial charge in [0.05, 0.1) is 7.11 Å². The summed E-state index contributed by atoms with van der Waals surface area (Å²) in [7, 11) is 1.49. The van der Waals surface area contributed by atoms with Gasteiger partial charge in [0.15, 0.2) is 0 Å². The van der Waals surface area contributed by atoms with E-state index in [1.165, 1.54) is 7.11 Å². The lowest BCUT2D eigenvalue weighted by molar-refractivity contribution is 0.0693. The number of hydrogen-bond donors (Lipinski definition) is 1. The molecule has 0 heterocycles. The Morgan fingerprint density at radius 1 is 1.25 bits per heavy atom. The van der Waals surface area contributed by atoms with Crippen LogP contribution in [0.4, 0.5) is 0 Å². The van der Waals surface area contributed by atoms with E-state index in [0.29, 0.717) is 5.75 Å². The van der Waals surface area contributed by atoms with Crippen LogP contribution in [0.25, 0.3) is 10.8 Å². The first kappa shape index (κ1) is 10.5. The van der Waals surface area contributed by atoms with Crippen LogP contribution in [-0.2, 0) is 0 Å². The van der Waals surface area contributed by atoms with Gasteiger partial charge in [0, 0.05) is 5.39 Å². The largest absolute Gasteiger partial charge is 0.495 e. The van der Waals surface area contributed by atoms with Crippen LogP contribution in [0, 0.1) is 6.92 Å². The maximum absolute atomic E-state index is 11.1. The lowest BCUT2D eigenvalue weighted by Gasteiger charge is -2.10. The second kappa shape index (κ2) is 3.85. The Labute approximate surface area is 93.3 Å². The number of aromatic carboxylic acids is 1. The first-order chi connectivity index (χ1) is 7.65. The Hall–Kier alpha value is -2.03. The Kier molecular flexibility index (Phi) is 2.52. The molecule has 2 aromatic rings. The van der Waals surface area contributed by atoms with Gasteiger partial charge in [0.1, 0.15) is 11.3 Å². The zero-order chi connectivity index (χ0) is 11.7. The van der Waals surface area contributed by atoms with Crippen LogP contribution in [0.1, 0.15) is 15.9 Å². The van der Waals surface area contributed by atoms with Crippen LogP contribution in [0.2, 0.25) is 0 Å². The summed E-state index contributed by atoms with van der Waals surface area (Å²) in [6.07, 6.45) is 0. The number of rotatable bonds is 2. The van der Waals surface area contributed by atoms with Gasteiger partial charge in [-0.05, 0) is 23.9 Å². The number of ether oxygens (including phenoxy) is 1. The van der Waals surface area contributed by atoms with E-state index in [1.54, 1.807) is 12.1 Å². The van der Waals surface area contributed by atoms with E-state index in [2.05, 4.69) is 0 Å². The molecule has 0 aliphatic heterocycles. The van der Waals surface area contributed by atoms with E-state index >= 15 is 0 Å². The van der Waals surface area contributed by atoms with Gasteiger partial charge in [-0.2, -0.15) is 0 Å². The SMILES string of the molecule is COc1c(C(=O)O)ccc2cccc(C)c12. The number of methoxy groups -OCH3 is 1. The number of aryl methyl sites for hydroxylation is 1. The molecule has 0 amide bonds. The molecule has 0 aliphatic carbocycles. The third kappa shape index (κ3) is 1.50. The molecule has 2 aromatic carbocycles. The van der Waals surface area contributed by atoms with Crippen molar-refractivity contribution in [3.63, 3.8) is 0 Å². The number of carboxylic acid groups (broad SMARTS) is 1. The summed E-state index contributed by atoms with van der Waals surface area (Å²) in [5.41, 5.74) is 1.21. The van der Waals surface area contributed by atoms with Crippen molar-refractivity contribution in [1.82, 2.24) is 0 Å². The van der Waals surface area contributed by atoms with Crippen molar-refractivity contribution in [3.8, 4) is 5.75 Å². The Bertz CT molecular complexity index is 558. The number of hydrogen-bond acceptors (Lipinski definition) is 2. The molecular weight excluding hydrogens is 204 g/mol. The fraction of sp³-hybridized carbons (Fsp3) is 0.154. The van der Waals surface area contributed by atoms with Gasteiger partial charge in [-0.25, -0.2) is 4.79 Å². The maximum atomic E-state index is 11.1. The number of fused-ring (bicyclic) bond motifs is 1. The van der Waals surface area contributed by atoms with Gasteiger partial charge >= 0.3 is 5.97 Å². The molecular formula is C13H12O3. The highest BCUT2D eigenvalue weighted by atomic mass is 16.5. The van der Waals surface area contributed by atoms with E-state index < -0.39 is 5.97 Å². The molecule has 0 radical (unpaired) electrons. The molecule has 82 valence electrons. The molecule has 0 aromatic heterocycles. The van der Waals surface area contributed by atoms with E-state index in [9.17, 15) is 4.79 Å². The lowest BCUT2D eigenvalue weighted by atomic mass is 10.0. The fourth-order valence-electron chi connectivity index (χ4n) is 1.90. The number of benzene rings is 2. The second-order valence-corrected chi connectivity index (χ2v) is 3.62. The maximum Gasteiger partial charge on any atom is 0.339 e. The zero-order valence-corrected chi connectivity index (χ0v) is 9.15. The van der Waals surface area contributed by atoms with Gasteiger partial charge < -0.3 is 9.84 Å². The van der Waals surface area contributed by atoms with Crippen LogP contribution < -0.4 is 4.74 Å². The molecule has 16 heavy (non-hydrogen) atoms. The summed E-state index contributed by atoms with van der Waals surface area (Å²) in [5, 5.41) is 10.9. The molecule has 1 N–H and O–H groups in total. The van der Waals surface area contributed by atoms with Crippen molar-refractivity contribution in [3.05, 3.63) is 41.5 Å². The molecule has 3 heteroatoms. The van der Waals surface area contributed by atoms with Gasteiger partial charge in [-0.3, -0.25) is 0 Å². The average molecular weight is 216 g/mol. The summed E-state index contributed by atoms with van der Waals surface area (Å²) < 4.78 is 5.22. The Balaban J connectivity index is 2.89. The molecule has 3 nitrogen and oxygen atoms in total. The smallest absolute Gasteiger partial charge is 0.339 e. The second-order valence-electron chi connectivity index (χ2n) is 3.62. The van der Waals surface area contributed by atoms with Gasteiger partial charge in [-0.15, -0.1) is 0 Å². The van der Waals surface area contributed by atoms with Crippen LogP contribution >= 0.6 is 0 Å². The van der Waals surface area contributed by atoms with Crippen molar-refractivity contribution in [2.75, 3.05) is 7.11 Å². The molecule has 0 spiro atoms. The standard InChI is InChI=1S/C13H12O3/c1-8-4-3-5-9-6-7-10(13(14)15)12(16-2)11(8)9/h3-7H,1-2H3,(H,14,15). The van der Waals surface area contributed by atoms with Crippen molar-refractivity contribution in [2.24, 2.45) is 0 Å². The predicted octanol–water partition coefficient (Wildman–Crippen LogP) is 2.86. The highest BCUT2D eigenvalue weighted by Crippen LogP contribution is 2.32. The molecule has 0 unspecified atom stereocenters. The van der Waals surface area contributed by atoms with Crippen LogP contribution in [0.5, 0.6) is 5.75 Å². The third-order valence-electron chi connectivity index (χ3n) is 2.64. The minimum Gasteiger partial charge on any atom is -0.495 e. The Morgan fingerprint density at radius 2 is 2.00 bits per heavy atom. The topological polar surface area (TPSA) is 46.5 Å². The highest BCUT2D eigenvalue weighted by Gasteiger charge is 2.14. The summed E-state index contributed by atoms with van der Waals surface area (Å²) in [4.78, 5) is 11.1. The van der Waals surface area contributed by atoms with Crippen molar-refractivity contribution in [1.29, 1.82) is 0 Å². The Morgan fingerprint density at radius 3 is 2.62 bits per heavy atom. The molecule has 0 saturated carbocycles. The van der Waals surface area contributed by atoms with E-state index in [-0.39, 0.29) is 5.56 Å². The quantitative estimate of drug-likeness (QED) is 0.839. The lowest BCUT2D eigenvalue weighted by Crippen LogP contribution is -2.01. The fourth-order valence-corrected chi connectivity index (χ4v) is 1.90. The molecule has 0 saturated heterocycles. The van der Waals surface area contributed by atoms with Crippen molar-refractivity contribution >= 4 is 16.7 Å². The molecule has 0 bridgehead atoms. The monoisotopic (exact) mass is 216 g/mol.